The Morgan fingerprint density at radius 1 is 1.32 bits per heavy atom. The van der Waals surface area contributed by atoms with Crippen molar-refractivity contribution >= 4 is 29.0 Å². The Hall–Kier alpha value is -3.00. The van der Waals surface area contributed by atoms with Crippen molar-refractivity contribution in [2.75, 3.05) is 13.7 Å². The van der Waals surface area contributed by atoms with Crippen LogP contribution in [-0.4, -0.2) is 41.3 Å². The second-order valence-electron chi connectivity index (χ2n) is 6.08. The average Bonchev–Trinajstić information content (AvgIpc) is 3.21. The zero-order valence-corrected chi connectivity index (χ0v) is 16.9. The molecule has 0 aliphatic carbocycles. The van der Waals surface area contributed by atoms with E-state index in [-0.39, 0.29) is 12.5 Å². The molecule has 1 aliphatic heterocycles. The molecule has 3 rings (SSSR count). The summed E-state index contributed by atoms with van der Waals surface area (Å²) in [5, 5.41) is 1.82. The van der Waals surface area contributed by atoms with Crippen LogP contribution in [0.4, 0.5) is 0 Å². The summed E-state index contributed by atoms with van der Waals surface area (Å²) in [4.78, 5) is 35.7. The van der Waals surface area contributed by atoms with Gasteiger partial charge < -0.3 is 9.47 Å². The van der Waals surface area contributed by atoms with E-state index < -0.39 is 12.0 Å². The van der Waals surface area contributed by atoms with Gasteiger partial charge in [0.25, 0.3) is 0 Å². The number of amidine groups is 1. The van der Waals surface area contributed by atoms with Crippen LogP contribution >= 0.6 is 11.3 Å². The fraction of sp³-hybridized carbons (Fsp3) is 0.300. The summed E-state index contributed by atoms with van der Waals surface area (Å²) in [6, 6.07) is 6.71. The molecule has 0 fully saturated rings. The van der Waals surface area contributed by atoms with Gasteiger partial charge in [-0.1, -0.05) is 12.1 Å². The quantitative estimate of drug-likeness (QED) is 0.721. The number of hydrogen-bond acceptors (Lipinski definition) is 7. The van der Waals surface area contributed by atoms with Gasteiger partial charge in [0.1, 0.15) is 17.5 Å². The van der Waals surface area contributed by atoms with Gasteiger partial charge in [-0.15, -0.1) is 11.3 Å². The van der Waals surface area contributed by atoms with E-state index in [1.165, 1.54) is 23.2 Å². The van der Waals surface area contributed by atoms with Crippen LogP contribution in [0.3, 0.4) is 0 Å². The molecule has 1 amide bonds. The molecule has 7 nitrogen and oxygen atoms in total. The second-order valence-corrected chi connectivity index (χ2v) is 6.80. The summed E-state index contributed by atoms with van der Waals surface area (Å²) in [7, 11) is 1.58. The first-order chi connectivity index (χ1) is 13.5. The smallest absolute Gasteiger partial charge is 0.338 e. The van der Waals surface area contributed by atoms with Crippen LogP contribution in [0.5, 0.6) is 5.75 Å². The zero-order chi connectivity index (χ0) is 20.3. The lowest BCUT2D eigenvalue weighted by atomic mass is 9.94. The molecule has 1 aliphatic rings. The van der Waals surface area contributed by atoms with Crippen LogP contribution in [0.2, 0.25) is 0 Å². The van der Waals surface area contributed by atoms with Gasteiger partial charge >= 0.3 is 5.97 Å². The Labute approximate surface area is 167 Å². The number of benzene rings is 1. The van der Waals surface area contributed by atoms with Gasteiger partial charge in [-0.2, -0.15) is 0 Å². The van der Waals surface area contributed by atoms with Gasteiger partial charge in [0.15, 0.2) is 5.84 Å². The van der Waals surface area contributed by atoms with E-state index in [1.54, 1.807) is 26.5 Å². The zero-order valence-electron chi connectivity index (χ0n) is 16.1. The molecule has 2 heterocycles. The molecular formula is C20H21N3O4S. The maximum absolute atomic E-state index is 12.8. The van der Waals surface area contributed by atoms with Gasteiger partial charge in [0.2, 0.25) is 5.91 Å². The monoisotopic (exact) mass is 399 g/mol. The van der Waals surface area contributed by atoms with Gasteiger partial charge in [0.05, 0.1) is 24.8 Å². The van der Waals surface area contributed by atoms with Crippen molar-refractivity contribution in [3.8, 4) is 5.75 Å². The highest BCUT2D eigenvalue weighted by Crippen LogP contribution is 2.37. The Bertz CT molecular complexity index is 950. The predicted molar refractivity (Wildman–Crippen MR) is 106 cm³/mol. The van der Waals surface area contributed by atoms with Crippen LogP contribution in [-0.2, 0) is 14.3 Å². The molecule has 0 N–H and O–H groups in total. The molecule has 0 bridgehead atoms. The Kier molecular flexibility index (Phi) is 5.89. The number of nitrogens with zero attached hydrogens (tertiary/aromatic N) is 3. The van der Waals surface area contributed by atoms with Crippen LogP contribution < -0.4 is 4.74 Å². The summed E-state index contributed by atoms with van der Waals surface area (Å²) in [6.07, 6.45) is 0. The lowest BCUT2D eigenvalue weighted by Gasteiger charge is -2.32. The van der Waals surface area contributed by atoms with E-state index in [4.69, 9.17) is 14.5 Å². The highest BCUT2D eigenvalue weighted by atomic mass is 32.1. The molecule has 146 valence electrons. The van der Waals surface area contributed by atoms with Crippen molar-refractivity contribution in [3.63, 3.8) is 0 Å². The summed E-state index contributed by atoms with van der Waals surface area (Å²) in [5.74, 6) is 0.306. The fourth-order valence-electron chi connectivity index (χ4n) is 3.13. The Balaban J connectivity index is 2.21. The Morgan fingerprint density at radius 3 is 2.71 bits per heavy atom. The van der Waals surface area contributed by atoms with Gasteiger partial charge in [-0.05, 0) is 31.5 Å². The number of ether oxygens (including phenoxy) is 2. The highest BCUT2D eigenvalue weighted by Gasteiger charge is 2.36. The van der Waals surface area contributed by atoms with E-state index in [9.17, 15) is 9.59 Å². The van der Waals surface area contributed by atoms with Gasteiger partial charge in [0, 0.05) is 18.0 Å². The minimum absolute atomic E-state index is 0.225. The third-order valence-corrected chi connectivity index (χ3v) is 4.93. The normalized spacial score (nSPS) is 16.6. The van der Waals surface area contributed by atoms with Crippen molar-refractivity contribution < 1.29 is 19.1 Å². The first kappa shape index (κ1) is 19.8. The number of hydrogen-bond donors (Lipinski definition) is 0. The van der Waals surface area contributed by atoms with E-state index in [1.807, 2.05) is 29.6 Å². The maximum atomic E-state index is 12.8. The van der Waals surface area contributed by atoms with Crippen LogP contribution in [0.1, 0.15) is 38.1 Å². The minimum Gasteiger partial charge on any atom is -0.497 e. The average molecular weight is 399 g/mol. The van der Waals surface area contributed by atoms with E-state index in [0.29, 0.717) is 28.5 Å². The molecule has 1 aromatic carbocycles. The fourth-order valence-corrected chi connectivity index (χ4v) is 3.66. The van der Waals surface area contributed by atoms with E-state index in [0.717, 1.165) is 5.56 Å². The summed E-state index contributed by atoms with van der Waals surface area (Å²) in [6.45, 7) is 5.12. The summed E-state index contributed by atoms with van der Waals surface area (Å²) >= 11 is 1.41. The number of carbonyl (C=O) groups excluding carboxylic acids is 2. The van der Waals surface area contributed by atoms with Gasteiger partial charge in [-0.25, -0.2) is 9.78 Å². The number of amides is 1. The number of allylic oxidation sites excluding steroid dienone is 1. The molecule has 0 radical (unpaired) electrons. The van der Waals surface area contributed by atoms with Crippen molar-refractivity contribution in [3.05, 3.63) is 57.7 Å². The number of aliphatic imine (C=N–C) groups is 1. The lowest BCUT2D eigenvalue weighted by molar-refractivity contribution is -0.139. The maximum Gasteiger partial charge on any atom is 0.338 e. The number of carbonyl (C=O) groups is 2. The number of thiazole rings is 1. The molecule has 28 heavy (non-hydrogen) atoms. The minimum atomic E-state index is -0.638. The molecule has 0 saturated heterocycles. The first-order valence-corrected chi connectivity index (χ1v) is 9.71. The van der Waals surface area contributed by atoms with Crippen LogP contribution in [0.25, 0.3) is 0 Å². The number of aromatic nitrogens is 1. The third kappa shape index (κ3) is 3.68. The highest BCUT2D eigenvalue weighted by molar-refractivity contribution is 7.07. The third-order valence-electron chi connectivity index (χ3n) is 4.34. The molecule has 1 unspecified atom stereocenters. The van der Waals surface area contributed by atoms with Gasteiger partial charge in [-0.3, -0.25) is 14.7 Å². The first-order valence-electron chi connectivity index (χ1n) is 8.76. The topological polar surface area (TPSA) is 81.1 Å². The molecule has 0 spiro atoms. The molecule has 1 atom stereocenters. The summed E-state index contributed by atoms with van der Waals surface area (Å²) < 4.78 is 10.6. The van der Waals surface area contributed by atoms with Crippen molar-refractivity contribution in [2.24, 2.45) is 4.99 Å². The summed E-state index contributed by atoms with van der Waals surface area (Å²) in [5.41, 5.74) is 3.82. The molecular weight excluding hydrogens is 378 g/mol. The standard InChI is InChI=1S/C20H21N3O4S/c1-5-27-20(25)17-12(2)23(13(3)24)19(16-10-28-11-21-16)22-18(17)14-7-6-8-15(9-14)26-4/h6-11,18H,5H2,1-4H3. The van der Waals surface area contributed by atoms with Crippen molar-refractivity contribution in [1.29, 1.82) is 0 Å². The van der Waals surface area contributed by atoms with E-state index >= 15 is 0 Å². The molecule has 8 heteroatoms. The SMILES string of the molecule is CCOC(=O)C1=C(C)N(C(C)=O)C(c2cscn2)=NC1c1cccc(OC)c1. The molecule has 0 saturated carbocycles. The van der Waals surface area contributed by atoms with Crippen LogP contribution in [0.15, 0.2) is 51.4 Å². The number of rotatable bonds is 5. The number of methoxy groups -OCH3 is 1. The van der Waals surface area contributed by atoms with Crippen molar-refractivity contribution in [2.45, 2.75) is 26.8 Å². The van der Waals surface area contributed by atoms with Crippen molar-refractivity contribution in [1.82, 2.24) is 9.88 Å². The molecule has 2 aromatic rings. The van der Waals surface area contributed by atoms with E-state index in [2.05, 4.69) is 4.98 Å². The molecule has 1 aromatic heterocycles. The van der Waals surface area contributed by atoms with Crippen LogP contribution in [0, 0.1) is 0 Å². The largest absolute Gasteiger partial charge is 0.497 e. The number of esters is 1. The lowest BCUT2D eigenvalue weighted by Crippen LogP contribution is -2.40. The Morgan fingerprint density at radius 2 is 2.11 bits per heavy atom. The predicted octanol–water partition coefficient (Wildman–Crippen LogP) is 3.34. The second kappa shape index (κ2) is 8.35.